The minimum atomic E-state index is -0.280. The highest BCUT2D eigenvalue weighted by molar-refractivity contribution is 7.00. The van der Waals surface area contributed by atoms with Crippen molar-refractivity contribution in [2.75, 3.05) is 9.80 Å². The molecule has 0 N–H and O–H groups in total. The van der Waals surface area contributed by atoms with Crippen LogP contribution in [0.25, 0.3) is 137 Å². The number of nitrogens with zero attached hydrogens (tertiary/aromatic N) is 3. The van der Waals surface area contributed by atoms with E-state index >= 15 is 0 Å². The van der Waals surface area contributed by atoms with Crippen molar-refractivity contribution in [1.82, 2.24) is 4.57 Å². The van der Waals surface area contributed by atoms with Gasteiger partial charge in [0.2, 0.25) is 0 Å². The first kappa shape index (κ1) is 72.5. The predicted molar refractivity (Wildman–Crippen MR) is 502 cm³/mol. The molecule has 0 atom stereocenters. The monoisotopic (exact) mass is 1500 g/mol. The van der Waals surface area contributed by atoms with Crippen molar-refractivity contribution in [2.45, 2.75) is 131 Å². The standard InChI is InChI=1S/C112H98BN3/c1-108(2,3)79-48-45-69(46-49-79)78-60-101-105-102(61-78)116(107-90(72-35-24-18-25-36-72)66-83(112(13,14)15)67-91(107)73-37-26-19-27-38-73)100-68-84(114-97-55-50-80(109(4,5)6)62-92(97)93-63-81(110(7,8)9)51-56-98(93)114)52-54-96(100)113(105)95-53-47-75(77-57-76-41-30-43-86-85-42-28-39-74-40-29-44-87(103(74)85)94(58-77)104(76)86)59-99(95)115(101)106-88(70-31-20-16-21-32-70)64-82(111(10,11)12)65-89(106)71-33-22-17-23-34-71/h16-68H,1-15H3. The molecule has 2 aliphatic heterocycles. The molecule has 0 saturated heterocycles. The molecule has 18 aromatic rings. The molecular weight excluding hydrogens is 1400 g/mol. The molecule has 0 saturated carbocycles. The molecule has 564 valence electrons. The lowest BCUT2D eigenvalue weighted by atomic mass is 9.33. The number of hydrogen-bond acceptors (Lipinski definition) is 2. The Labute approximate surface area is 684 Å². The summed E-state index contributed by atoms with van der Waals surface area (Å²) in [6.07, 6.45) is 0. The number of hydrogen-bond donors (Lipinski definition) is 0. The third-order valence-electron chi connectivity index (χ3n) is 25.4. The molecule has 0 amide bonds. The van der Waals surface area contributed by atoms with Gasteiger partial charge in [-0.2, -0.15) is 0 Å². The molecule has 0 bridgehead atoms. The Bertz CT molecular complexity index is 6790. The minimum Gasteiger partial charge on any atom is -0.310 e. The fourth-order valence-electron chi connectivity index (χ4n) is 19.1. The smallest absolute Gasteiger partial charge is 0.252 e. The molecule has 0 radical (unpaired) electrons. The molecule has 20 rings (SSSR count). The molecule has 0 spiro atoms. The van der Waals surface area contributed by atoms with Gasteiger partial charge in [-0.15, -0.1) is 0 Å². The summed E-state index contributed by atoms with van der Waals surface area (Å²) in [7, 11) is 0. The van der Waals surface area contributed by atoms with Crippen LogP contribution in [0.2, 0.25) is 0 Å². The fraction of sp³-hybridized carbons (Fsp3) is 0.179. The molecule has 3 heterocycles. The average molecular weight is 1500 g/mol. The summed E-state index contributed by atoms with van der Waals surface area (Å²) in [5.74, 6) is 0. The second-order valence-corrected chi connectivity index (χ2v) is 38.1. The van der Waals surface area contributed by atoms with E-state index in [9.17, 15) is 0 Å². The van der Waals surface area contributed by atoms with Crippen LogP contribution in [-0.4, -0.2) is 11.3 Å². The van der Waals surface area contributed by atoms with Gasteiger partial charge in [0, 0.05) is 61.5 Å². The molecule has 1 aromatic heterocycles. The van der Waals surface area contributed by atoms with E-state index in [1.54, 1.807) is 0 Å². The molecule has 3 nitrogen and oxygen atoms in total. The SMILES string of the molecule is CC(C)(C)c1ccc(-c2cc3c4c(c2)N(c2c(-c5ccccc5)cc(C(C)(C)C)cc2-c2ccccc2)c2cc(-n5c6ccc(C(C)(C)C)cc6c6cc(C(C)(C)C)ccc65)ccc2B4c2ccc(-c4cc5cccc6c7cccc8cccc(c(c4)c56)c87)cc2N3c2c(-c3ccccc3)cc(C(C)(C)C)cc2-c2ccccc2)cc1. The van der Waals surface area contributed by atoms with E-state index in [4.69, 9.17) is 0 Å². The Morgan fingerprint density at radius 1 is 0.224 bits per heavy atom. The van der Waals surface area contributed by atoms with Crippen LogP contribution in [0.1, 0.15) is 132 Å². The highest BCUT2D eigenvalue weighted by Gasteiger charge is 2.47. The van der Waals surface area contributed by atoms with Crippen molar-refractivity contribution in [3.63, 3.8) is 0 Å². The van der Waals surface area contributed by atoms with Crippen LogP contribution in [-0.2, 0) is 27.1 Å². The molecule has 116 heavy (non-hydrogen) atoms. The van der Waals surface area contributed by atoms with Gasteiger partial charge in [-0.3, -0.25) is 0 Å². The molecule has 4 heteroatoms. The van der Waals surface area contributed by atoms with Gasteiger partial charge in [-0.05, 0) is 250 Å². The van der Waals surface area contributed by atoms with Gasteiger partial charge in [0.25, 0.3) is 6.71 Å². The zero-order chi connectivity index (χ0) is 79.8. The van der Waals surface area contributed by atoms with Gasteiger partial charge in [0.05, 0.1) is 22.4 Å². The summed E-state index contributed by atoms with van der Waals surface area (Å²) in [6, 6.07) is 125. The Balaban J connectivity index is 0.973. The maximum absolute atomic E-state index is 2.76. The minimum absolute atomic E-state index is 0.0714. The first-order chi connectivity index (χ1) is 55.7. The normalized spacial score (nSPS) is 13.2. The maximum Gasteiger partial charge on any atom is 0.252 e. The van der Waals surface area contributed by atoms with Gasteiger partial charge in [0.1, 0.15) is 0 Å². The molecule has 0 aliphatic carbocycles. The zero-order valence-electron chi connectivity index (χ0n) is 69.5. The quantitative estimate of drug-likeness (QED) is 0.0811. The lowest BCUT2D eigenvalue weighted by molar-refractivity contribution is 0.590. The van der Waals surface area contributed by atoms with Crippen molar-refractivity contribution >= 4 is 122 Å². The maximum atomic E-state index is 2.76. The topological polar surface area (TPSA) is 11.4 Å². The van der Waals surface area contributed by atoms with Crippen LogP contribution in [0.4, 0.5) is 34.1 Å². The van der Waals surface area contributed by atoms with E-state index in [2.05, 4.69) is 440 Å². The molecule has 0 unspecified atom stereocenters. The van der Waals surface area contributed by atoms with Crippen LogP contribution in [0.15, 0.2) is 322 Å². The highest BCUT2D eigenvalue weighted by Crippen LogP contribution is 2.57. The lowest BCUT2D eigenvalue weighted by Gasteiger charge is -2.46. The van der Waals surface area contributed by atoms with Gasteiger partial charge in [0.15, 0.2) is 0 Å². The first-order valence-electron chi connectivity index (χ1n) is 41.6. The van der Waals surface area contributed by atoms with Crippen LogP contribution in [0, 0.1) is 0 Å². The van der Waals surface area contributed by atoms with Crippen LogP contribution in [0.3, 0.4) is 0 Å². The van der Waals surface area contributed by atoms with E-state index in [-0.39, 0.29) is 33.8 Å². The Hall–Kier alpha value is -12.5. The summed E-state index contributed by atoms with van der Waals surface area (Å²) in [5.41, 5.74) is 33.6. The highest BCUT2D eigenvalue weighted by atomic mass is 15.2. The number of fused-ring (bicyclic) bond motifs is 9. The third-order valence-corrected chi connectivity index (χ3v) is 25.4. The molecule has 2 aliphatic rings. The summed E-state index contributed by atoms with van der Waals surface area (Å²) >= 11 is 0. The van der Waals surface area contributed by atoms with E-state index in [1.807, 2.05) is 0 Å². The summed E-state index contributed by atoms with van der Waals surface area (Å²) < 4.78 is 2.58. The van der Waals surface area contributed by atoms with Crippen molar-refractivity contribution in [1.29, 1.82) is 0 Å². The second-order valence-electron chi connectivity index (χ2n) is 38.1. The van der Waals surface area contributed by atoms with Crippen molar-refractivity contribution in [3.05, 3.63) is 349 Å². The molecule has 17 aromatic carbocycles. The van der Waals surface area contributed by atoms with Gasteiger partial charge < -0.3 is 14.4 Å². The van der Waals surface area contributed by atoms with Crippen LogP contribution >= 0.6 is 0 Å². The summed E-state index contributed by atoms with van der Waals surface area (Å²) in [4.78, 5) is 5.51. The van der Waals surface area contributed by atoms with Crippen molar-refractivity contribution < 1.29 is 0 Å². The number of aromatic nitrogens is 1. The number of benzene rings is 17. The van der Waals surface area contributed by atoms with Gasteiger partial charge in [-0.1, -0.05) is 334 Å². The van der Waals surface area contributed by atoms with Crippen molar-refractivity contribution in [2.24, 2.45) is 0 Å². The van der Waals surface area contributed by atoms with Gasteiger partial charge in [-0.25, -0.2) is 0 Å². The third kappa shape index (κ3) is 11.9. The lowest BCUT2D eigenvalue weighted by Crippen LogP contribution is -2.61. The second kappa shape index (κ2) is 26.5. The molecular formula is C112H98BN3. The summed E-state index contributed by atoms with van der Waals surface area (Å²) in [5, 5.41) is 12.8. The van der Waals surface area contributed by atoms with Crippen LogP contribution < -0.4 is 26.2 Å². The average Bonchev–Trinajstić information content (AvgIpc) is 0.723. The van der Waals surface area contributed by atoms with Gasteiger partial charge >= 0.3 is 0 Å². The summed E-state index contributed by atoms with van der Waals surface area (Å²) in [6.45, 7) is 35.0. The predicted octanol–water partition coefficient (Wildman–Crippen LogP) is 29.4. The Kier molecular flexibility index (Phi) is 16.6. The zero-order valence-corrected chi connectivity index (χ0v) is 69.5. The fourth-order valence-corrected chi connectivity index (χ4v) is 19.1. The number of rotatable bonds is 9. The molecule has 0 fully saturated rings. The van der Waals surface area contributed by atoms with E-state index < -0.39 is 0 Å². The Morgan fingerprint density at radius 2 is 0.586 bits per heavy atom. The van der Waals surface area contributed by atoms with E-state index in [0.717, 1.165) is 89.9 Å². The number of anilines is 6. The van der Waals surface area contributed by atoms with Crippen LogP contribution in [0.5, 0.6) is 0 Å². The van der Waals surface area contributed by atoms with Crippen molar-refractivity contribution in [3.8, 4) is 72.4 Å². The largest absolute Gasteiger partial charge is 0.310 e. The Morgan fingerprint density at radius 3 is 1.02 bits per heavy atom. The van der Waals surface area contributed by atoms with E-state index in [1.165, 1.54) is 126 Å². The first-order valence-corrected chi connectivity index (χ1v) is 41.6. The van der Waals surface area contributed by atoms with E-state index in [0.29, 0.717) is 0 Å².